The molecule has 0 radical (unpaired) electrons. The topological polar surface area (TPSA) is 69.4 Å². The minimum absolute atomic E-state index is 0. The first-order valence-corrected chi connectivity index (χ1v) is 11.7. The van der Waals surface area contributed by atoms with Crippen molar-refractivity contribution in [3.05, 3.63) is 47.9 Å². The van der Waals surface area contributed by atoms with Gasteiger partial charge in [-0.15, -0.1) is 24.0 Å². The molecule has 33 heavy (non-hydrogen) atoms. The van der Waals surface area contributed by atoms with Crippen LogP contribution in [0.4, 0.5) is 0 Å². The largest absolute Gasteiger partial charge is 0.497 e. The van der Waals surface area contributed by atoms with Crippen molar-refractivity contribution in [3.63, 3.8) is 0 Å². The molecule has 9 heteroatoms. The molecule has 4 rings (SSSR count). The van der Waals surface area contributed by atoms with Crippen molar-refractivity contribution < 1.29 is 9.26 Å². The summed E-state index contributed by atoms with van der Waals surface area (Å²) in [7, 11) is 3.60. The highest BCUT2D eigenvalue weighted by Gasteiger charge is 2.25. The van der Waals surface area contributed by atoms with Crippen LogP contribution in [0, 0.1) is 0 Å². The zero-order valence-corrected chi connectivity index (χ0v) is 22.1. The number of rotatable bonds is 7. The average Bonchev–Trinajstić information content (AvgIpc) is 3.36. The van der Waals surface area contributed by atoms with Gasteiger partial charge in [0.05, 0.1) is 18.8 Å². The van der Waals surface area contributed by atoms with E-state index in [9.17, 15) is 0 Å². The Morgan fingerprint density at radius 2 is 1.79 bits per heavy atom. The Morgan fingerprint density at radius 3 is 2.39 bits per heavy atom. The van der Waals surface area contributed by atoms with Crippen LogP contribution in [0.3, 0.4) is 0 Å². The number of piperidine rings is 1. The van der Waals surface area contributed by atoms with Crippen LogP contribution in [0.1, 0.15) is 36.6 Å². The molecule has 1 unspecified atom stereocenters. The highest BCUT2D eigenvalue weighted by atomic mass is 127. The van der Waals surface area contributed by atoms with E-state index in [0.717, 1.165) is 69.8 Å². The number of likely N-dealkylation sites (tertiary alicyclic amines) is 1. The normalized spacial score (nSPS) is 19.1. The Bertz CT molecular complexity index is 831. The fourth-order valence-corrected chi connectivity index (χ4v) is 4.70. The first kappa shape index (κ1) is 25.8. The van der Waals surface area contributed by atoms with Gasteiger partial charge in [-0.1, -0.05) is 23.7 Å². The van der Waals surface area contributed by atoms with Gasteiger partial charge in [0.1, 0.15) is 12.0 Å². The van der Waals surface area contributed by atoms with Crippen LogP contribution in [-0.4, -0.2) is 85.8 Å². The second-order valence-corrected chi connectivity index (χ2v) is 8.57. The Labute approximate surface area is 214 Å². The van der Waals surface area contributed by atoms with E-state index < -0.39 is 0 Å². The number of methoxy groups -OCH3 is 1. The molecule has 2 fully saturated rings. The third kappa shape index (κ3) is 7.07. The van der Waals surface area contributed by atoms with E-state index in [1.54, 1.807) is 13.4 Å². The van der Waals surface area contributed by atoms with Crippen molar-refractivity contribution in [3.8, 4) is 5.75 Å². The first-order chi connectivity index (χ1) is 15.8. The van der Waals surface area contributed by atoms with Gasteiger partial charge in [0.15, 0.2) is 5.96 Å². The van der Waals surface area contributed by atoms with E-state index in [1.807, 2.05) is 13.1 Å². The van der Waals surface area contributed by atoms with E-state index in [-0.39, 0.29) is 24.0 Å². The maximum Gasteiger partial charge on any atom is 0.193 e. The Hall–Kier alpha value is -1.85. The first-order valence-electron chi connectivity index (χ1n) is 11.7. The van der Waals surface area contributed by atoms with Gasteiger partial charge in [-0.25, -0.2) is 0 Å². The fourth-order valence-electron chi connectivity index (χ4n) is 4.70. The molecule has 8 nitrogen and oxygen atoms in total. The Kier molecular flexibility index (Phi) is 10.3. The molecule has 2 aromatic rings. The predicted molar refractivity (Wildman–Crippen MR) is 141 cm³/mol. The summed E-state index contributed by atoms with van der Waals surface area (Å²) >= 11 is 0. The SMILES string of the molecule is CN=C(NCC(c1ccc(OC)cc1)N1CCCCC1)N1CCN(Cc2ccon2)CC1.I. The van der Waals surface area contributed by atoms with Crippen molar-refractivity contribution in [2.24, 2.45) is 4.99 Å². The second-order valence-electron chi connectivity index (χ2n) is 8.57. The lowest BCUT2D eigenvalue weighted by Crippen LogP contribution is -2.53. The van der Waals surface area contributed by atoms with Gasteiger partial charge < -0.3 is 19.5 Å². The lowest BCUT2D eigenvalue weighted by atomic mass is 10.0. The molecule has 1 atom stereocenters. The van der Waals surface area contributed by atoms with Crippen LogP contribution in [0.2, 0.25) is 0 Å². The maximum absolute atomic E-state index is 5.36. The number of aromatic nitrogens is 1. The molecule has 2 aliphatic heterocycles. The molecular weight excluding hydrogens is 531 g/mol. The van der Waals surface area contributed by atoms with E-state index in [4.69, 9.17) is 9.26 Å². The van der Waals surface area contributed by atoms with Crippen LogP contribution in [-0.2, 0) is 6.54 Å². The van der Waals surface area contributed by atoms with Crippen molar-refractivity contribution in [1.82, 2.24) is 25.2 Å². The van der Waals surface area contributed by atoms with Gasteiger partial charge in [0.25, 0.3) is 0 Å². The molecule has 0 spiro atoms. The third-order valence-electron chi connectivity index (χ3n) is 6.55. The molecule has 2 aliphatic rings. The molecule has 0 bridgehead atoms. The van der Waals surface area contributed by atoms with Crippen LogP contribution >= 0.6 is 24.0 Å². The van der Waals surface area contributed by atoms with Gasteiger partial charge in [0.2, 0.25) is 0 Å². The number of nitrogens with zero attached hydrogens (tertiary/aromatic N) is 5. The van der Waals surface area contributed by atoms with Crippen molar-refractivity contribution in [1.29, 1.82) is 0 Å². The second kappa shape index (κ2) is 13.1. The number of piperazine rings is 1. The summed E-state index contributed by atoms with van der Waals surface area (Å²) in [6.07, 6.45) is 5.52. The standard InChI is InChI=1S/C24H36N6O2.HI/c1-25-24(30-15-13-28(14-16-30)19-21-10-17-32-27-21)26-18-23(29-11-4-3-5-12-29)20-6-8-22(31-2)9-7-20;/h6-10,17,23H,3-5,11-16,18-19H2,1-2H3,(H,25,26);1H. The third-order valence-corrected chi connectivity index (χ3v) is 6.55. The van der Waals surface area contributed by atoms with Gasteiger partial charge >= 0.3 is 0 Å². The molecular formula is C24H37IN6O2. The number of nitrogens with one attached hydrogen (secondary N) is 1. The van der Waals surface area contributed by atoms with Crippen LogP contribution in [0.5, 0.6) is 5.75 Å². The highest BCUT2D eigenvalue weighted by molar-refractivity contribution is 14.0. The predicted octanol–water partition coefficient (Wildman–Crippen LogP) is 3.22. The number of hydrogen-bond donors (Lipinski definition) is 1. The summed E-state index contributed by atoms with van der Waals surface area (Å²) in [5.74, 6) is 1.89. The number of hydrogen-bond acceptors (Lipinski definition) is 6. The van der Waals surface area contributed by atoms with Crippen molar-refractivity contribution in [2.75, 3.05) is 60.0 Å². The summed E-state index contributed by atoms with van der Waals surface area (Å²) in [5.41, 5.74) is 2.32. The molecule has 1 N–H and O–H groups in total. The van der Waals surface area contributed by atoms with Gasteiger partial charge in [-0.05, 0) is 43.6 Å². The summed E-state index contributed by atoms with van der Waals surface area (Å²) in [6.45, 7) is 7.87. The summed E-state index contributed by atoms with van der Waals surface area (Å²) < 4.78 is 10.3. The fraction of sp³-hybridized carbons (Fsp3) is 0.583. The molecule has 0 saturated carbocycles. The average molecular weight is 569 g/mol. The maximum atomic E-state index is 5.36. The zero-order valence-electron chi connectivity index (χ0n) is 19.8. The molecule has 0 aliphatic carbocycles. The molecule has 1 aromatic carbocycles. The molecule has 0 amide bonds. The minimum atomic E-state index is 0. The van der Waals surface area contributed by atoms with E-state index in [2.05, 4.69) is 54.4 Å². The summed E-state index contributed by atoms with van der Waals surface area (Å²) in [6, 6.07) is 10.8. The summed E-state index contributed by atoms with van der Waals surface area (Å²) in [5, 5.41) is 7.72. The quantitative estimate of drug-likeness (QED) is 0.313. The van der Waals surface area contributed by atoms with Gasteiger partial charge in [-0.2, -0.15) is 0 Å². The van der Waals surface area contributed by atoms with E-state index in [1.165, 1.54) is 24.8 Å². The minimum Gasteiger partial charge on any atom is -0.497 e. The summed E-state index contributed by atoms with van der Waals surface area (Å²) in [4.78, 5) is 12.0. The molecule has 2 saturated heterocycles. The van der Waals surface area contributed by atoms with Crippen molar-refractivity contribution in [2.45, 2.75) is 31.8 Å². The van der Waals surface area contributed by atoms with E-state index in [0.29, 0.717) is 6.04 Å². The Morgan fingerprint density at radius 1 is 1.06 bits per heavy atom. The zero-order chi connectivity index (χ0) is 22.2. The highest BCUT2D eigenvalue weighted by Crippen LogP contribution is 2.26. The van der Waals surface area contributed by atoms with Gasteiger partial charge in [0, 0.05) is 52.4 Å². The van der Waals surface area contributed by atoms with Crippen LogP contribution in [0.25, 0.3) is 0 Å². The number of benzene rings is 1. The smallest absolute Gasteiger partial charge is 0.193 e. The Balaban J connectivity index is 0.00000306. The van der Waals surface area contributed by atoms with Crippen LogP contribution in [0.15, 0.2) is 46.1 Å². The molecule has 1 aromatic heterocycles. The van der Waals surface area contributed by atoms with Crippen LogP contribution < -0.4 is 10.1 Å². The number of halogens is 1. The molecule has 182 valence electrons. The lowest BCUT2D eigenvalue weighted by Gasteiger charge is -2.38. The van der Waals surface area contributed by atoms with Crippen molar-refractivity contribution >= 4 is 29.9 Å². The number of aliphatic imine (C=N–C) groups is 1. The van der Waals surface area contributed by atoms with E-state index >= 15 is 0 Å². The lowest BCUT2D eigenvalue weighted by molar-refractivity contribution is 0.156. The number of ether oxygens (including phenoxy) is 1. The monoisotopic (exact) mass is 568 g/mol. The van der Waals surface area contributed by atoms with Gasteiger partial charge in [-0.3, -0.25) is 14.8 Å². The molecule has 3 heterocycles. The number of guanidine groups is 1.